The average molecular weight is 599 g/mol. The number of carbonyl (C=O) groups is 1. The molecular formula is C30H35ClN4O3S2. The summed E-state index contributed by atoms with van der Waals surface area (Å²) in [6.07, 6.45) is 2.42. The van der Waals surface area contributed by atoms with Crippen LogP contribution in [-0.4, -0.2) is 57.9 Å². The largest absolute Gasteiger partial charge is 0.309 e. The number of fused-ring (bicyclic) bond motifs is 2. The summed E-state index contributed by atoms with van der Waals surface area (Å²) < 4.78 is 29.7. The molecule has 0 bridgehead atoms. The second-order valence-electron chi connectivity index (χ2n) is 10.4. The Bertz CT molecular complexity index is 1620. The summed E-state index contributed by atoms with van der Waals surface area (Å²) in [4.78, 5) is 22.6. The van der Waals surface area contributed by atoms with Crippen LogP contribution in [0, 0.1) is 13.8 Å². The lowest BCUT2D eigenvalue weighted by Crippen LogP contribution is -2.35. The first-order valence-corrected chi connectivity index (χ1v) is 15.5. The van der Waals surface area contributed by atoms with Crippen molar-refractivity contribution >= 4 is 60.7 Å². The SMILES string of the molecule is Cc1cc(C)c2sc(N(CCCN(C)C)C(=O)c3ccc(S(=O)(=O)N4CCCc5ccccc54)cc3)nc2c1.Cl. The molecule has 212 valence electrons. The molecular weight excluding hydrogens is 564 g/mol. The second-order valence-corrected chi connectivity index (χ2v) is 13.2. The molecule has 7 nitrogen and oxygen atoms in total. The molecule has 0 saturated carbocycles. The molecule has 3 aromatic carbocycles. The third kappa shape index (κ3) is 6.02. The summed E-state index contributed by atoms with van der Waals surface area (Å²) >= 11 is 1.52. The van der Waals surface area contributed by atoms with Crippen molar-refractivity contribution in [3.8, 4) is 0 Å². The van der Waals surface area contributed by atoms with E-state index in [-0.39, 0.29) is 23.2 Å². The number of carbonyl (C=O) groups excluding carboxylic acids is 1. The number of aromatic nitrogens is 1. The van der Waals surface area contributed by atoms with Gasteiger partial charge < -0.3 is 4.90 Å². The zero-order chi connectivity index (χ0) is 27.7. The van der Waals surface area contributed by atoms with Crippen LogP contribution in [0.1, 0.15) is 39.9 Å². The fraction of sp³-hybridized carbons (Fsp3) is 0.333. The average Bonchev–Trinajstić information content (AvgIpc) is 3.34. The normalized spacial score (nSPS) is 13.3. The zero-order valence-electron chi connectivity index (χ0n) is 23.3. The van der Waals surface area contributed by atoms with E-state index in [0.29, 0.717) is 23.8 Å². The lowest BCUT2D eigenvalue weighted by Gasteiger charge is -2.30. The van der Waals surface area contributed by atoms with Gasteiger partial charge in [0.1, 0.15) is 0 Å². The quantitative estimate of drug-likeness (QED) is 0.246. The van der Waals surface area contributed by atoms with Gasteiger partial charge in [0, 0.05) is 18.7 Å². The Balaban J connectivity index is 0.00000370. The molecule has 4 aromatic rings. The van der Waals surface area contributed by atoms with Crippen molar-refractivity contribution in [3.63, 3.8) is 0 Å². The van der Waals surface area contributed by atoms with E-state index in [9.17, 15) is 13.2 Å². The first kappa shape index (κ1) is 30.0. The molecule has 0 radical (unpaired) electrons. The third-order valence-electron chi connectivity index (χ3n) is 7.03. The Hall–Kier alpha value is -2.98. The highest BCUT2D eigenvalue weighted by atomic mass is 35.5. The molecule has 1 amide bonds. The lowest BCUT2D eigenvalue weighted by molar-refractivity contribution is 0.0986. The van der Waals surface area contributed by atoms with Gasteiger partial charge in [0.25, 0.3) is 15.9 Å². The van der Waals surface area contributed by atoms with Crippen LogP contribution in [0.4, 0.5) is 10.8 Å². The molecule has 0 atom stereocenters. The number of thiazole rings is 1. The Morgan fingerprint density at radius 1 is 1.02 bits per heavy atom. The van der Waals surface area contributed by atoms with E-state index in [1.165, 1.54) is 15.6 Å². The smallest absolute Gasteiger partial charge is 0.264 e. The van der Waals surface area contributed by atoms with Crippen molar-refractivity contribution in [2.75, 3.05) is 42.9 Å². The minimum absolute atomic E-state index is 0. The van der Waals surface area contributed by atoms with E-state index in [1.807, 2.05) is 51.4 Å². The molecule has 40 heavy (non-hydrogen) atoms. The number of para-hydroxylation sites is 1. The maximum Gasteiger partial charge on any atom is 0.264 e. The number of aryl methyl sites for hydroxylation is 3. The molecule has 10 heteroatoms. The second kappa shape index (κ2) is 12.3. The topological polar surface area (TPSA) is 73.8 Å². The predicted octanol–water partition coefficient (Wildman–Crippen LogP) is 6.07. The number of anilines is 2. The van der Waals surface area contributed by atoms with Crippen LogP contribution in [0.25, 0.3) is 10.2 Å². The first-order valence-electron chi connectivity index (χ1n) is 13.2. The van der Waals surface area contributed by atoms with Gasteiger partial charge in [-0.25, -0.2) is 13.4 Å². The number of amides is 1. The van der Waals surface area contributed by atoms with Crippen molar-refractivity contribution in [1.29, 1.82) is 0 Å². The maximum absolute atomic E-state index is 13.8. The van der Waals surface area contributed by atoms with Gasteiger partial charge in [-0.3, -0.25) is 14.0 Å². The van der Waals surface area contributed by atoms with Crippen molar-refractivity contribution < 1.29 is 13.2 Å². The summed E-state index contributed by atoms with van der Waals surface area (Å²) in [5, 5.41) is 0.657. The van der Waals surface area contributed by atoms with Crippen molar-refractivity contribution in [1.82, 2.24) is 9.88 Å². The summed E-state index contributed by atoms with van der Waals surface area (Å²) in [7, 11) is 0.272. The summed E-state index contributed by atoms with van der Waals surface area (Å²) in [6.45, 7) is 5.90. The highest BCUT2D eigenvalue weighted by Crippen LogP contribution is 2.34. The minimum Gasteiger partial charge on any atom is -0.309 e. The van der Waals surface area contributed by atoms with Gasteiger partial charge >= 0.3 is 0 Å². The number of nitrogens with zero attached hydrogens (tertiary/aromatic N) is 4. The summed E-state index contributed by atoms with van der Waals surface area (Å²) in [6, 6.07) is 18.1. The van der Waals surface area contributed by atoms with Crippen molar-refractivity contribution in [2.24, 2.45) is 0 Å². The predicted molar refractivity (Wildman–Crippen MR) is 167 cm³/mol. The molecule has 0 spiro atoms. The lowest BCUT2D eigenvalue weighted by atomic mass is 10.0. The Labute approximate surface area is 246 Å². The molecule has 0 aliphatic carbocycles. The van der Waals surface area contributed by atoms with Crippen LogP contribution in [0.2, 0.25) is 0 Å². The van der Waals surface area contributed by atoms with Crippen LogP contribution in [0.15, 0.2) is 65.6 Å². The fourth-order valence-electron chi connectivity index (χ4n) is 5.11. The molecule has 2 heterocycles. The maximum atomic E-state index is 13.8. The van der Waals surface area contributed by atoms with E-state index in [2.05, 4.69) is 17.9 Å². The monoisotopic (exact) mass is 598 g/mol. The van der Waals surface area contributed by atoms with Crippen LogP contribution in [0.5, 0.6) is 0 Å². The zero-order valence-corrected chi connectivity index (χ0v) is 25.7. The Kier molecular flexibility index (Phi) is 9.19. The Morgan fingerprint density at radius 3 is 2.48 bits per heavy atom. The number of hydrogen-bond acceptors (Lipinski definition) is 6. The van der Waals surface area contributed by atoms with Crippen LogP contribution >= 0.6 is 23.7 Å². The molecule has 1 aromatic heterocycles. The highest BCUT2D eigenvalue weighted by Gasteiger charge is 2.29. The molecule has 1 aliphatic rings. The van der Waals surface area contributed by atoms with E-state index < -0.39 is 10.0 Å². The van der Waals surface area contributed by atoms with Gasteiger partial charge in [-0.15, -0.1) is 12.4 Å². The summed E-state index contributed by atoms with van der Waals surface area (Å²) in [5.41, 5.74) is 5.37. The third-order valence-corrected chi connectivity index (χ3v) is 10.1. The van der Waals surface area contributed by atoms with Gasteiger partial charge in [-0.1, -0.05) is 35.6 Å². The van der Waals surface area contributed by atoms with Crippen molar-refractivity contribution in [3.05, 3.63) is 82.9 Å². The first-order chi connectivity index (χ1) is 18.6. The molecule has 0 fully saturated rings. The fourth-order valence-corrected chi connectivity index (χ4v) is 7.69. The van der Waals surface area contributed by atoms with Crippen LogP contribution in [0.3, 0.4) is 0 Å². The van der Waals surface area contributed by atoms with Crippen LogP contribution in [-0.2, 0) is 16.4 Å². The number of benzene rings is 3. The number of rotatable bonds is 8. The van der Waals surface area contributed by atoms with Gasteiger partial charge in [-0.05, 0) is 107 Å². The molecule has 1 aliphatic heterocycles. The number of sulfonamides is 1. The van der Waals surface area contributed by atoms with Gasteiger partial charge in [0.15, 0.2) is 5.13 Å². The summed E-state index contributed by atoms with van der Waals surface area (Å²) in [5.74, 6) is -0.186. The van der Waals surface area contributed by atoms with Gasteiger partial charge in [-0.2, -0.15) is 0 Å². The molecule has 0 unspecified atom stereocenters. The van der Waals surface area contributed by atoms with E-state index in [1.54, 1.807) is 29.2 Å². The van der Waals surface area contributed by atoms with Gasteiger partial charge in [0.2, 0.25) is 0 Å². The standard InChI is InChI=1S/C30H34N4O3S2.ClH/c1-21-19-22(2)28-26(20-21)31-30(38-28)33(17-8-16-32(3)4)29(35)24-12-14-25(15-13-24)39(36,37)34-18-7-10-23-9-5-6-11-27(23)34;/h5-6,9,11-15,19-20H,7-8,10,16-18H2,1-4H3;1H. The van der Waals surface area contributed by atoms with Crippen molar-refractivity contribution in [2.45, 2.75) is 38.0 Å². The highest BCUT2D eigenvalue weighted by molar-refractivity contribution is 7.92. The number of hydrogen-bond donors (Lipinski definition) is 0. The molecule has 0 saturated heterocycles. The minimum atomic E-state index is -3.75. The molecule has 5 rings (SSSR count). The van der Waals surface area contributed by atoms with E-state index in [0.717, 1.165) is 58.4 Å². The Morgan fingerprint density at radius 2 is 1.75 bits per heavy atom. The van der Waals surface area contributed by atoms with Crippen LogP contribution < -0.4 is 9.21 Å². The molecule has 0 N–H and O–H groups in total. The van der Waals surface area contributed by atoms with E-state index in [4.69, 9.17) is 4.98 Å². The number of halogens is 1. The van der Waals surface area contributed by atoms with E-state index >= 15 is 0 Å². The van der Waals surface area contributed by atoms with Gasteiger partial charge in [0.05, 0.1) is 20.8 Å².